The summed E-state index contributed by atoms with van der Waals surface area (Å²) in [5, 5.41) is 9.56. The Labute approximate surface area is 123 Å². The van der Waals surface area contributed by atoms with Gasteiger partial charge in [-0.25, -0.2) is 0 Å². The van der Waals surface area contributed by atoms with Crippen LogP contribution in [-0.2, 0) is 4.79 Å². The molecule has 2 rings (SSSR count). The normalized spacial score (nSPS) is 39.6. The second-order valence-electron chi connectivity index (χ2n) is 7.38. The first kappa shape index (κ1) is 15.8. The third-order valence-electron chi connectivity index (χ3n) is 5.31. The number of hydrogen-bond acceptors (Lipinski definition) is 2. The summed E-state index contributed by atoms with van der Waals surface area (Å²) in [5.74, 6) is 1.45. The lowest BCUT2D eigenvalue weighted by Crippen LogP contribution is -2.52. The van der Waals surface area contributed by atoms with E-state index < -0.39 is 5.97 Å². The van der Waals surface area contributed by atoms with Crippen LogP contribution < -0.4 is 0 Å². The maximum absolute atomic E-state index is 11.6. The van der Waals surface area contributed by atoms with Crippen molar-refractivity contribution >= 4 is 5.97 Å². The first-order chi connectivity index (χ1) is 9.51. The van der Waals surface area contributed by atoms with E-state index in [9.17, 15) is 9.90 Å². The third-order valence-corrected chi connectivity index (χ3v) is 5.31. The smallest absolute Gasteiger partial charge is 0.308 e. The van der Waals surface area contributed by atoms with Crippen LogP contribution in [0.1, 0.15) is 59.3 Å². The van der Waals surface area contributed by atoms with Gasteiger partial charge >= 0.3 is 5.97 Å². The van der Waals surface area contributed by atoms with Crippen molar-refractivity contribution in [1.82, 2.24) is 4.90 Å². The van der Waals surface area contributed by atoms with Crippen molar-refractivity contribution in [1.29, 1.82) is 0 Å². The number of carboxylic acid groups (broad SMARTS) is 1. The highest BCUT2D eigenvalue weighted by Crippen LogP contribution is 2.37. The van der Waals surface area contributed by atoms with Gasteiger partial charge in [0.1, 0.15) is 0 Å². The molecule has 20 heavy (non-hydrogen) atoms. The Balaban J connectivity index is 2.07. The number of piperidine rings is 1. The molecule has 0 spiro atoms. The average molecular weight is 281 g/mol. The number of carboxylic acids is 1. The van der Waals surface area contributed by atoms with Gasteiger partial charge in [0.25, 0.3) is 0 Å². The molecule has 1 saturated heterocycles. The zero-order chi connectivity index (χ0) is 14.7. The van der Waals surface area contributed by atoms with Crippen LogP contribution in [0.3, 0.4) is 0 Å². The molecule has 5 unspecified atom stereocenters. The molecule has 1 N–H and O–H groups in total. The van der Waals surface area contributed by atoms with Crippen LogP contribution in [0.5, 0.6) is 0 Å². The van der Waals surface area contributed by atoms with Crippen LogP contribution in [0.15, 0.2) is 0 Å². The molecule has 3 heteroatoms. The Kier molecular flexibility index (Phi) is 5.48. The Bertz CT molecular complexity index is 321. The van der Waals surface area contributed by atoms with Gasteiger partial charge in [0.2, 0.25) is 0 Å². The van der Waals surface area contributed by atoms with Gasteiger partial charge in [-0.05, 0) is 43.4 Å². The van der Waals surface area contributed by atoms with Gasteiger partial charge in [0.05, 0.1) is 5.92 Å². The topological polar surface area (TPSA) is 40.5 Å². The van der Waals surface area contributed by atoms with Crippen LogP contribution in [0.25, 0.3) is 0 Å². The number of rotatable bonds is 4. The monoisotopic (exact) mass is 281 g/mol. The van der Waals surface area contributed by atoms with Gasteiger partial charge < -0.3 is 5.11 Å². The number of aliphatic carboxylic acids is 1. The largest absolute Gasteiger partial charge is 0.481 e. The number of carbonyl (C=O) groups is 1. The SMILES string of the molecule is CCCC1CCC(C(=O)O)C(N2CC(C)CC(C)C2)C1. The molecule has 0 amide bonds. The molecule has 1 aliphatic heterocycles. The quantitative estimate of drug-likeness (QED) is 0.855. The van der Waals surface area contributed by atoms with Gasteiger partial charge in [0.15, 0.2) is 0 Å². The Hall–Kier alpha value is -0.570. The summed E-state index contributed by atoms with van der Waals surface area (Å²) in [6.07, 6.45) is 6.87. The zero-order valence-electron chi connectivity index (χ0n) is 13.3. The predicted molar refractivity (Wildman–Crippen MR) is 81.7 cm³/mol. The van der Waals surface area contributed by atoms with E-state index in [1.165, 1.54) is 19.3 Å². The molecular weight excluding hydrogens is 250 g/mol. The summed E-state index contributed by atoms with van der Waals surface area (Å²) < 4.78 is 0. The molecule has 116 valence electrons. The van der Waals surface area contributed by atoms with Crippen molar-refractivity contribution in [2.75, 3.05) is 13.1 Å². The molecular formula is C17H31NO2. The maximum Gasteiger partial charge on any atom is 0.308 e. The van der Waals surface area contributed by atoms with E-state index in [1.54, 1.807) is 0 Å². The van der Waals surface area contributed by atoms with Crippen LogP contribution >= 0.6 is 0 Å². The van der Waals surface area contributed by atoms with Crippen molar-refractivity contribution in [3.05, 3.63) is 0 Å². The molecule has 3 nitrogen and oxygen atoms in total. The molecule has 0 aromatic rings. The highest BCUT2D eigenvalue weighted by Gasteiger charge is 2.39. The summed E-state index contributed by atoms with van der Waals surface area (Å²) in [6.45, 7) is 9.05. The molecule has 5 atom stereocenters. The molecule has 2 aliphatic rings. The van der Waals surface area contributed by atoms with E-state index in [2.05, 4.69) is 25.7 Å². The van der Waals surface area contributed by atoms with Gasteiger partial charge in [0, 0.05) is 19.1 Å². The van der Waals surface area contributed by atoms with E-state index in [0.29, 0.717) is 11.8 Å². The van der Waals surface area contributed by atoms with Crippen LogP contribution in [0.2, 0.25) is 0 Å². The van der Waals surface area contributed by atoms with Gasteiger partial charge in [-0.1, -0.05) is 33.6 Å². The predicted octanol–water partition coefficient (Wildman–Crippen LogP) is 3.63. The summed E-state index contributed by atoms with van der Waals surface area (Å²) >= 11 is 0. The molecule has 0 radical (unpaired) electrons. The molecule has 0 bridgehead atoms. The van der Waals surface area contributed by atoms with Crippen molar-refractivity contribution in [3.8, 4) is 0 Å². The Morgan fingerprint density at radius 1 is 1.15 bits per heavy atom. The number of nitrogens with zero attached hydrogens (tertiary/aromatic N) is 1. The summed E-state index contributed by atoms with van der Waals surface area (Å²) in [4.78, 5) is 14.1. The van der Waals surface area contributed by atoms with Crippen LogP contribution in [-0.4, -0.2) is 35.1 Å². The van der Waals surface area contributed by atoms with Gasteiger partial charge in [-0.3, -0.25) is 9.69 Å². The molecule has 2 fully saturated rings. The molecule has 1 aliphatic carbocycles. The maximum atomic E-state index is 11.6. The van der Waals surface area contributed by atoms with Crippen molar-refractivity contribution in [2.24, 2.45) is 23.7 Å². The van der Waals surface area contributed by atoms with E-state index in [4.69, 9.17) is 0 Å². The minimum Gasteiger partial charge on any atom is -0.481 e. The second kappa shape index (κ2) is 6.93. The lowest BCUT2D eigenvalue weighted by molar-refractivity contribution is -0.147. The zero-order valence-corrected chi connectivity index (χ0v) is 13.3. The fourth-order valence-corrected chi connectivity index (χ4v) is 4.58. The van der Waals surface area contributed by atoms with E-state index in [1.807, 2.05) is 0 Å². The minimum atomic E-state index is -0.573. The third kappa shape index (κ3) is 3.75. The first-order valence-electron chi connectivity index (χ1n) is 8.48. The number of likely N-dealkylation sites (tertiary alicyclic amines) is 1. The summed E-state index contributed by atoms with van der Waals surface area (Å²) in [5.41, 5.74) is 0. The highest BCUT2D eigenvalue weighted by molar-refractivity contribution is 5.71. The second-order valence-corrected chi connectivity index (χ2v) is 7.38. The van der Waals surface area contributed by atoms with Gasteiger partial charge in [-0.2, -0.15) is 0 Å². The van der Waals surface area contributed by atoms with Crippen LogP contribution in [0.4, 0.5) is 0 Å². The Morgan fingerprint density at radius 2 is 1.80 bits per heavy atom. The fourth-order valence-electron chi connectivity index (χ4n) is 4.58. The molecule has 1 saturated carbocycles. The lowest BCUT2D eigenvalue weighted by atomic mass is 9.75. The first-order valence-corrected chi connectivity index (χ1v) is 8.48. The van der Waals surface area contributed by atoms with Crippen molar-refractivity contribution < 1.29 is 9.90 Å². The van der Waals surface area contributed by atoms with E-state index in [0.717, 1.165) is 38.3 Å². The average Bonchev–Trinajstić information content (AvgIpc) is 2.37. The van der Waals surface area contributed by atoms with Crippen molar-refractivity contribution in [3.63, 3.8) is 0 Å². The fraction of sp³-hybridized carbons (Fsp3) is 0.941. The van der Waals surface area contributed by atoms with Crippen molar-refractivity contribution in [2.45, 2.75) is 65.3 Å². The summed E-state index contributed by atoms with van der Waals surface area (Å²) in [6, 6.07) is 0.281. The summed E-state index contributed by atoms with van der Waals surface area (Å²) in [7, 11) is 0. The Morgan fingerprint density at radius 3 is 2.35 bits per heavy atom. The highest BCUT2D eigenvalue weighted by atomic mass is 16.4. The number of hydrogen-bond donors (Lipinski definition) is 1. The van der Waals surface area contributed by atoms with E-state index in [-0.39, 0.29) is 12.0 Å². The molecule has 0 aromatic heterocycles. The molecule has 0 aromatic carbocycles. The molecule has 1 heterocycles. The van der Waals surface area contributed by atoms with E-state index >= 15 is 0 Å². The van der Waals surface area contributed by atoms with Gasteiger partial charge in [-0.15, -0.1) is 0 Å². The van der Waals surface area contributed by atoms with Crippen LogP contribution in [0, 0.1) is 23.7 Å². The standard InChI is InChI=1S/C17H31NO2/c1-4-5-14-6-7-15(17(19)20)16(9-14)18-10-12(2)8-13(3)11-18/h12-16H,4-11H2,1-3H3,(H,19,20). The lowest BCUT2D eigenvalue weighted by Gasteiger charge is -2.45. The minimum absolute atomic E-state index is 0.138.